The summed E-state index contributed by atoms with van der Waals surface area (Å²) < 4.78 is 15.8. The first kappa shape index (κ1) is 13.1. The maximum absolute atomic E-state index is 13.0. The average Bonchev–Trinajstić information content (AvgIpc) is 2.75. The van der Waals surface area contributed by atoms with Crippen molar-refractivity contribution in [1.82, 2.24) is 9.55 Å². The number of benzene rings is 2. The molecule has 0 aliphatic rings. The summed E-state index contributed by atoms with van der Waals surface area (Å²) in [6, 6.07) is 12.6. The van der Waals surface area contributed by atoms with Crippen molar-refractivity contribution in [3.63, 3.8) is 0 Å². The number of halogens is 2. The number of anilines is 1. The normalized spacial score (nSPS) is 10.9. The highest BCUT2D eigenvalue weighted by Gasteiger charge is 2.07. The summed E-state index contributed by atoms with van der Waals surface area (Å²) in [6.07, 6.45) is 0. The minimum atomic E-state index is -0.259. The first-order chi connectivity index (χ1) is 9.65. The Hall–Kier alpha value is -1.88. The van der Waals surface area contributed by atoms with Gasteiger partial charge < -0.3 is 9.88 Å². The molecular formula is C15H13BrFN3. The van der Waals surface area contributed by atoms with E-state index in [1.165, 1.54) is 12.1 Å². The molecule has 0 unspecified atom stereocenters. The van der Waals surface area contributed by atoms with E-state index in [-0.39, 0.29) is 5.82 Å². The largest absolute Gasteiger partial charge is 0.377 e. The monoisotopic (exact) mass is 333 g/mol. The maximum atomic E-state index is 13.0. The standard InChI is InChI=1S/C15H13BrFN3/c1-20-14-5-3-2-4-13(14)19-15(20)9-18-12-7-6-10(17)8-11(12)16/h2-8,18H,9H2,1H3. The molecule has 5 heteroatoms. The van der Waals surface area contributed by atoms with Gasteiger partial charge in [0.25, 0.3) is 0 Å². The minimum absolute atomic E-state index is 0.259. The van der Waals surface area contributed by atoms with Crippen molar-refractivity contribution in [3.8, 4) is 0 Å². The zero-order valence-electron chi connectivity index (χ0n) is 10.9. The van der Waals surface area contributed by atoms with Crippen LogP contribution < -0.4 is 5.32 Å². The van der Waals surface area contributed by atoms with Crippen LogP contribution >= 0.6 is 15.9 Å². The molecule has 3 nitrogen and oxygen atoms in total. The van der Waals surface area contributed by atoms with Crippen LogP contribution in [0.25, 0.3) is 11.0 Å². The van der Waals surface area contributed by atoms with Crippen molar-refractivity contribution in [2.24, 2.45) is 7.05 Å². The lowest BCUT2D eigenvalue weighted by molar-refractivity contribution is 0.627. The number of imidazole rings is 1. The second-order valence-electron chi connectivity index (χ2n) is 4.55. The molecule has 0 aliphatic heterocycles. The topological polar surface area (TPSA) is 29.9 Å². The molecule has 0 bridgehead atoms. The average molecular weight is 334 g/mol. The molecule has 1 heterocycles. The SMILES string of the molecule is Cn1c(CNc2ccc(F)cc2Br)nc2ccccc21. The van der Waals surface area contributed by atoms with Crippen LogP contribution in [0.3, 0.4) is 0 Å². The number of nitrogens with one attached hydrogen (secondary N) is 1. The molecule has 3 rings (SSSR count). The van der Waals surface area contributed by atoms with Crippen molar-refractivity contribution >= 4 is 32.7 Å². The van der Waals surface area contributed by atoms with Crippen LogP contribution in [0, 0.1) is 5.82 Å². The summed E-state index contributed by atoms with van der Waals surface area (Å²) >= 11 is 3.34. The molecule has 1 N–H and O–H groups in total. The first-order valence-corrected chi connectivity index (χ1v) is 7.04. The van der Waals surface area contributed by atoms with Gasteiger partial charge in [-0.15, -0.1) is 0 Å². The van der Waals surface area contributed by atoms with Gasteiger partial charge in [-0.25, -0.2) is 9.37 Å². The van der Waals surface area contributed by atoms with E-state index in [0.717, 1.165) is 22.5 Å². The van der Waals surface area contributed by atoms with E-state index in [1.54, 1.807) is 6.07 Å². The maximum Gasteiger partial charge on any atom is 0.128 e. The molecule has 0 aliphatic carbocycles. The molecule has 1 aromatic heterocycles. The second-order valence-corrected chi connectivity index (χ2v) is 5.41. The molecule has 0 fully saturated rings. The molecule has 0 spiro atoms. The lowest BCUT2D eigenvalue weighted by atomic mass is 10.3. The highest BCUT2D eigenvalue weighted by molar-refractivity contribution is 9.10. The number of hydrogen-bond acceptors (Lipinski definition) is 2. The molecule has 0 amide bonds. The quantitative estimate of drug-likeness (QED) is 0.782. The molecule has 0 atom stereocenters. The van der Waals surface area contributed by atoms with Gasteiger partial charge in [0, 0.05) is 17.2 Å². The van der Waals surface area contributed by atoms with Gasteiger partial charge in [-0.3, -0.25) is 0 Å². The highest BCUT2D eigenvalue weighted by atomic mass is 79.9. The smallest absolute Gasteiger partial charge is 0.128 e. The Balaban J connectivity index is 1.85. The second kappa shape index (κ2) is 5.25. The lowest BCUT2D eigenvalue weighted by Gasteiger charge is -2.08. The summed E-state index contributed by atoms with van der Waals surface area (Å²) in [7, 11) is 1.99. The van der Waals surface area contributed by atoms with Gasteiger partial charge in [-0.1, -0.05) is 12.1 Å². The number of fused-ring (bicyclic) bond motifs is 1. The van der Waals surface area contributed by atoms with Crippen LogP contribution in [0.5, 0.6) is 0 Å². The number of aryl methyl sites for hydroxylation is 1. The fourth-order valence-corrected chi connectivity index (χ4v) is 2.65. The minimum Gasteiger partial charge on any atom is -0.377 e. The molecule has 102 valence electrons. The molecule has 0 radical (unpaired) electrons. The summed E-state index contributed by atoms with van der Waals surface area (Å²) in [4.78, 5) is 4.59. The van der Waals surface area contributed by atoms with Gasteiger partial charge in [0.2, 0.25) is 0 Å². The third-order valence-electron chi connectivity index (χ3n) is 3.25. The highest BCUT2D eigenvalue weighted by Crippen LogP contribution is 2.24. The van der Waals surface area contributed by atoms with Crippen LogP contribution in [-0.2, 0) is 13.6 Å². The van der Waals surface area contributed by atoms with Gasteiger partial charge in [-0.05, 0) is 46.3 Å². The van der Waals surface area contributed by atoms with Gasteiger partial charge in [0.1, 0.15) is 11.6 Å². The van der Waals surface area contributed by atoms with E-state index in [4.69, 9.17) is 0 Å². The Bertz CT molecular complexity index is 767. The molecule has 20 heavy (non-hydrogen) atoms. The first-order valence-electron chi connectivity index (χ1n) is 6.24. The van der Waals surface area contributed by atoms with Crippen LogP contribution in [-0.4, -0.2) is 9.55 Å². The fraction of sp³-hybridized carbons (Fsp3) is 0.133. The summed E-state index contributed by atoms with van der Waals surface area (Å²) in [5, 5.41) is 3.26. The predicted molar refractivity (Wildman–Crippen MR) is 82.1 cm³/mol. The van der Waals surface area contributed by atoms with Crippen molar-refractivity contribution in [2.45, 2.75) is 6.54 Å². The van der Waals surface area contributed by atoms with E-state index < -0.39 is 0 Å². The third kappa shape index (κ3) is 2.41. The van der Waals surface area contributed by atoms with E-state index in [2.05, 4.69) is 30.8 Å². The number of nitrogens with zero attached hydrogens (tertiary/aromatic N) is 2. The summed E-state index contributed by atoms with van der Waals surface area (Å²) in [5.41, 5.74) is 2.92. The Labute approximate surface area is 124 Å². The fourth-order valence-electron chi connectivity index (χ4n) is 2.16. The molecular weight excluding hydrogens is 321 g/mol. The molecule has 3 aromatic rings. The Morgan fingerprint density at radius 2 is 2.05 bits per heavy atom. The Morgan fingerprint density at radius 1 is 1.25 bits per heavy atom. The van der Waals surface area contributed by atoms with Crippen LogP contribution in [0.4, 0.5) is 10.1 Å². The number of para-hydroxylation sites is 2. The van der Waals surface area contributed by atoms with Crippen molar-refractivity contribution in [3.05, 3.63) is 58.6 Å². The molecule has 0 saturated heterocycles. The van der Waals surface area contributed by atoms with Crippen LogP contribution in [0.15, 0.2) is 46.9 Å². The number of aromatic nitrogens is 2. The van der Waals surface area contributed by atoms with Crippen molar-refractivity contribution in [1.29, 1.82) is 0 Å². The Morgan fingerprint density at radius 3 is 2.80 bits per heavy atom. The van der Waals surface area contributed by atoms with E-state index in [0.29, 0.717) is 11.0 Å². The van der Waals surface area contributed by atoms with Gasteiger partial charge >= 0.3 is 0 Å². The zero-order valence-corrected chi connectivity index (χ0v) is 12.5. The van der Waals surface area contributed by atoms with Gasteiger partial charge in [0.05, 0.1) is 17.6 Å². The number of hydrogen-bond donors (Lipinski definition) is 1. The predicted octanol–water partition coefficient (Wildman–Crippen LogP) is 4.09. The lowest BCUT2D eigenvalue weighted by Crippen LogP contribution is -2.06. The van der Waals surface area contributed by atoms with E-state index in [1.807, 2.05) is 31.3 Å². The van der Waals surface area contributed by atoms with Crippen molar-refractivity contribution in [2.75, 3.05) is 5.32 Å². The zero-order chi connectivity index (χ0) is 14.1. The third-order valence-corrected chi connectivity index (χ3v) is 3.90. The summed E-state index contributed by atoms with van der Waals surface area (Å²) in [6.45, 7) is 0.579. The van der Waals surface area contributed by atoms with Gasteiger partial charge in [-0.2, -0.15) is 0 Å². The number of rotatable bonds is 3. The van der Waals surface area contributed by atoms with Gasteiger partial charge in [0.15, 0.2) is 0 Å². The van der Waals surface area contributed by atoms with Crippen molar-refractivity contribution < 1.29 is 4.39 Å². The summed E-state index contributed by atoms with van der Waals surface area (Å²) in [5.74, 6) is 0.674. The molecule has 2 aromatic carbocycles. The van der Waals surface area contributed by atoms with E-state index >= 15 is 0 Å². The van der Waals surface area contributed by atoms with Crippen LogP contribution in [0.2, 0.25) is 0 Å². The van der Waals surface area contributed by atoms with E-state index in [9.17, 15) is 4.39 Å². The van der Waals surface area contributed by atoms with Crippen LogP contribution in [0.1, 0.15) is 5.82 Å². The Kier molecular flexibility index (Phi) is 3.44. The molecule has 0 saturated carbocycles.